The van der Waals surface area contributed by atoms with E-state index in [0.29, 0.717) is 11.4 Å². The maximum absolute atomic E-state index is 7.29. The van der Waals surface area contributed by atoms with Crippen molar-refractivity contribution in [2.24, 2.45) is 9.98 Å². The number of hydrogen-bond acceptors (Lipinski definition) is 2. The van der Waals surface area contributed by atoms with Crippen molar-refractivity contribution in [2.45, 2.75) is 13.8 Å². The Morgan fingerprint density at radius 2 is 1.90 bits per heavy atom. The van der Waals surface area contributed by atoms with Gasteiger partial charge in [0.05, 0.1) is 0 Å². The van der Waals surface area contributed by atoms with Crippen molar-refractivity contribution < 1.29 is 0 Å². The van der Waals surface area contributed by atoms with E-state index in [2.05, 4.69) is 16.6 Å². The third kappa shape index (κ3) is 1.03. The van der Waals surface area contributed by atoms with Crippen LogP contribution in [-0.4, -0.2) is 17.4 Å². The van der Waals surface area contributed by atoms with Gasteiger partial charge in [-0.1, -0.05) is 6.58 Å². The first-order valence-electron chi connectivity index (χ1n) is 3.00. The van der Waals surface area contributed by atoms with Gasteiger partial charge in [-0.25, -0.2) is 9.98 Å². The molecule has 0 saturated heterocycles. The standard InChI is InChI=1S/C7H9N3/c1-4-5(2)9-6(3)10-7(4)8/h8H,1H2,2-3H3. The van der Waals surface area contributed by atoms with Crippen molar-refractivity contribution in [3.63, 3.8) is 0 Å². The molecular formula is C7H9N3. The fourth-order valence-electron chi connectivity index (χ4n) is 0.736. The van der Waals surface area contributed by atoms with Gasteiger partial charge < -0.3 is 0 Å². The largest absolute Gasteiger partial charge is 0.282 e. The van der Waals surface area contributed by atoms with Gasteiger partial charge in [-0.3, -0.25) is 5.41 Å². The Hall–Kier alpha value is -1.25. The highest BCUT2D eigenvalue weighted by Gasteiger charge is 2.09. The predicted molar refractivity (Wildman–Crippen MR) is 43.1 cm³/mol. The van der Waals surface area contributed by atoms with Gasteiger partial charge in [-0.15, -0.1) is 0 Å². The molecule has 0 aromatic rings. The number of aliphatic imine (C=N–C) groups is 2. The van der Waals surface area contributed by atoms with Crippen LogP contribution in [0.5, 0.6) is 0 Å². The zero-order valence-electron chi connectivity index (χ0n) is 6.10. The summed E-state index contributed by atoms with van der Waals surface area (Å²) in [5, 5.41) is 7.29. The molecule has 0 aliphatic carbocycles. The van der Waals surface area contributed by atoms with Crippen LogP contribution in [0.4, 0.5) is 0 Å². The van der Waals surface area contributed by atoms with Gasteiger partial charge in [0, 0.05) is 11.3 Å². The lowest BCUT2D eigenvalue weighted by molar-refractivity contribution is 1.37. The third-order valence-corrected chi connectivity index (χ3v) is 1.33. The number of nitrogens with zero attached hydrogens (tertiary/aromatic N) is 2. The Kier molecular flexibility index (Phi) is 1.49. The number of rotatable bonds is 0. The van der Waals surface area contributed by atoms with Gasteiger partial charge in [-0.05, 0) is 13.8 Å². The summed E-state index contributed by atoms with van der Waals surface area (Å²) in [7, 11) is 0. The van der Waals surface area contributed by atoms with Crippen LogP contribution < -0.4 is 0 Å². The number of hydrogen-bond donors (Lipinski definition) is 1. The van der Waals surface area contributed by atoms with Gasteiger partial charge >= 0.3 is 0 Å². The average Bonchev–Trinajstić information content (AvgIpc) is 1.82. The molecule has 0 aromatic carbocycles. The Labute approximate surface area is 59.7 Å². The van der Waals surface area contributed by atoms with Crippen molar-refractivity contribution in [3.05, 3.63) is 12.2 Å². The molecule has 0 spiro atoms. The maximum atomic E-state index is 7.29. The second-order valence-corrected chi connectivity index (χ2v) is 2.18. The third-order valence-electron chi connectivity index (χ3n) is 1.33. The molecule has 1 aliphatic rings. The van der Waals surface area contributed by atoms with E-state index >= 15 is 0 Å². The Morgan fingerprint density at radius 1 is 1.30 bits per heavy atom. The summed E-state index contributed by atoms with van der Waals surface area (Å²) >= 11 is 0. The van der Waals surface area contributed by atoms with E-state index < -0.39 is 0 Å². The molecule has 0 unspecified atom stereocenters. The summed E-state index contributed by atoms with van der Waals surface area (Å²) in [6, 6.07) is 0. The molecule has 0 atom stereocenters. The van der Waals surface area contributed by atoms with E-state index in [4.69, 9.17) is 5.41 Å². The number of nitrogens with one attached hydrogen (secondary N) is 1. The van der Waals surface area contributed by atoms with Gasteiger partial charge in [0.1, 0.15) is 5.84 Å². The molecule has 0 saturated carbocycles. The molecule has 3 nitrogen and oxygen atoms in total. The van der Waals surface area contributed by atoms with Crippen molar-refractivity contribution in [3.8, 4) is 0 Å². The van der Waals surface area contributed by atoms with Crippen LogP contribution in [0.1, 0.15) is 13.8 Å². The van der Waals surface area contributed by atoms with E-state index in [1.807, 2.05) is 6.92 Å². The average molecular weight is 135 g/mol. The molecule has 0 bridgehead atoms. The highest BCUT2D eigenvalue weighted by molar-refractivity contribution is 6.28. The molecule has 1 rings (SSSR count). The molecule has 3 heteroatoms. The van der Waals surface area contributed by atoms with Crippen LogP contribution in [0.25, 0.3) is 0 Å². The summed E-state index contributed by atoms with van der Waals surface area (Å²) in [6.07, 6.45) is 0. The first-order valence-corrected chi connectivity index (χ1v) is 3.00. The van der Waals surface area contributed by atoms with Gasteiger partial charge in [0.2, 0.25) is 0 Å². The second-order valence-electron chi connectivity index (χ2n) is 2.18. The molecule has 0 radical (unpaired) electrons. The van der Waals surface area contributed by atoms with E-state index in [-0.39, 0.29) is 5.84 Å². The smallest absolute Gasteiger partial charge is 0.155 e. The van der Waals surface area contributed by atoms with Gasteiger partial charge in [-0.2, -0.15) is 0 Å². The zero-order chi connectivity index (χ0) is 7.72. The normalized spacial score (nSPS) is 18.6. The van der Waals surface area contributed by atoms with Crippen LogP contribution >= 0.6 is 0 Å². The summed E-state index contributed by atoms with van der Waals surface area (Å²) in [5.74, 6) is 0.861. The summed E-state index contributed by atoms with van der Waals surface area (Å²) in [4.78, 5) is 7.87. The van der Waals surface area contributed by atoms with Crippen LogP contribution in [0, 0.1) is 5.41 Å². The lowest BCUT2D eigenvalue weighted by Crippen LogP contribution is -2.14. The molecule has 1 heterocycles. The van der Waals surface area contributed by atoms with Crippen LogP contribution in [0.2, 0.25) is 0 Å². The Bertz CT molecular complexity index is 255. The number of amidine groups is 2. The lowest BCUT2D eigenvalue weighted by Gasteiger charge is -2.08. The molecule has 1 aliphatic heterocycles. The Balaban J connectivity index is 3.07. The van der Waals surface area contributed by atoms with E-state index in [9.17, 15) is 0 Å². The molecule has 0 fully saturated rings. The molecular weight excluding hydrogens is 126 g/mol. The zero-order valence-corrected chi connectivity index (χ0v) is 6.10. The predicted octanol–water partition coefficient (Wildman–Crippen LogP) is 1.41. The minimum Gasteiger partial charge on any atom is -0.282 e. The fraction of sp³-hybridized carbons (Fsp3) is 0.286. The second kappa shape index (κ2) is 2.17. The topological polar surface area (TPSA) is 48.6 Å². The van der Waals surface area contributed by atoms with E-state index in [1.165, 1.54) is 0 Å². The van der Waals surface area contributed by atoms with Crippen LogP contribution in [0.15, 0.2) is 22.1 Å². The van der Waals surface area contributed by atoms with Crippen molar-refractivity contribution in [1.29, 1.82) is 5.41 Å². The summed E-state index contributed by atoms with van der Waals surface area (Å²) in [5.41, 5.74) is 1.41. The summed E-state index contributed by atoms with van der Waals surface area (Å²) < 4.78 is 0. The highest BCUT2D eigenvalue weighted by atomic mass is 15.0. The highest BCUT2D eigenvalue weighted by Crippen LogP contribution is 2.05. The molecule has 10 heavy (non-hydrogen) atoms. The molecule has 0 amide bonds. The first kappa shape index (κ1) is 6.86. The van der Waals surface area contributed by atoms with Crippen molar-refractivity contribution in [2.75, 3.05) is 0 Å². The van der Waals surface area contributed by atoms with Crippen molar-refractivity contribution in [1.82, 2.24) is 0 Å². The lowest BCUT2D eigenvalue weighted by atomic mass is 10.1. The monoisotopic (exact) mass is 135 g/mol. The van der Waals surface area contributed by atoms with Crippen molar-refractivity contribution >= 4 is 17.4 Å². The van der Waals surface area contributed by atoms with E-state index in [0.717, 1.165) is 5.71 Å². The van der Waals surface area contributed by atoms with Crippen LogP contribution in [0.3, 0.4) is 0 Å². The summed E-state index contributed by atoms with van der Waals surface area (Å²) in [6.45, 7) is 7.24. The van der Waals surface area contributed by atoms with Crippen LogP contribution in [-0.2, 0) is 0 Å². The first-order chi connectivity index (χ1) is 4.61. The minimum absolute atomic E-state index is 0.227. The maximum Gasteiger partial charge on any atom is 0.155 e. The molecule has 1 N–H and O–H groups in total. The fourth-order valence-corrected chi connectivity index (χ4v) is 0.736. The molecule has 0 aromatic heterocycles. The quantitative estimate of drug-likeness (QED) is 0.522. The molecule has 52 valence electrons. The van der Waals surface area contributed by atoms with Gasteiger partial charge in [0.15, 0.2) is 5.84 Å². The van der Waals surface area contributed by atoms with Gasteiger partial charge in [0.25, 0.3) is 0 Å². The van der Waals surface area contributed by atoms with E-state index in [1.54, 1.807) is 6.92 Å². The Morgan fingerprint density at radius 3 is 2.40 bits per heavy atom. The SMILES string of the molecule is C=C1C(=N)N=C(C)N=C1C. The minimum atomic E-state index is 0.227.